The van der Waals surface area contributed by atoms with Gasteiger partial charge in [0.1, 0.15) is 12.4 Å². The van der Waals surface area contributed by atoms with Crippen LogP contribution in [-0.4, -0.2) is 31.1 Å². The molecule has 1 heterocycles. The molecule has 16 heavy (non-hydrogen) atoms. The second-order valence-corrected chi connectivity index (χ2v) is 4.17. The highest BCUT2D eigenvalue weighted by Crippen LogP contribution is 2.14. The van der Waals surface area contributed by atoms with E-state index in [-0.39, 0.29) is 0 Å². The Morgan fingerprint density at radius 1 is 1.31 bits per heavy atom. The van der Waals surface area contributed by atoms with Gasteiger partial charge in [0.25, 0.3) is 0 Å². The molecule has 2 rings (SSSR count). The zero-order chi connectivity index (χ0) is 11.2. The largest absolute Gasteiger partial charge is 0.492 e. The first kappa shape index (κ1) is 11.2. The van der Waals surface area contributed by atoms with Crippen LogP contribution in [0.1, 0.15) is 18.4 Å². The molecule has 0 bridgehead atoms. The molecule has 0 unspecified atom stereocenters. The zero-order valence-electron chi connectivity index (χ0n) is 9.69. The summed E-state index contributed by atoms with van der Waals surface area (Å²) in [5.74, 6) is 0.941. The second kappa shape index (κ2) is 5.71. The molecule has 0 saturated carbocycles. The number of likely N-dealkylation sites (tertiary alicyclic amines) is 1. The van der Waals surface area contributed by atoms with E-state index in [4.69, 9.17) is 4.74 Å². The Bertz CT molecular complexity index is 342. The third-order valence-corrected chi connectivity index (χ3v) is 2.97. The fraction of sp³-hybridized carbons (Fsp3) is 0.429. The maximum atomic E-state index is 5.72. The molecule has 0 radical (unpaired) electrons. The smallest absolute Gasteiger partial charge is 0.119 e. The standard InChI is InChI=1S/C14H19NO/c1-2-13-6-5-7-14(12-13)16-11-10-15-8-3-4-9-15/h2,5-7,12H,1,3-4,8-11H2/i8+1. The maximum absolute atomic E-state index is 5.72. The van der Waals surface area contributed by atoms with E-state index in [9.17, 15) is 0 Å². The van der Waals surface area contributed by atoms with Crippen LogP contribution in [0.2, 0.25) is 0 Å². The monoisotopic (exact) mass is 218 g/mol. The van der Waals surface area contributed by atoms with E-state index in [1.54, 1.807) is 0 Å². The van der Waals surface area contributed by atoms with Crippen LogP contribution in [0.3, 0.4) is 0 Å². The van der Waals surface area contributed by atoms with Crippen LogP contribution >= 0.6 is 0 Å². The van der Waals surface area contributed by atoms with Gasteiger partial charge in [-0.3, -0.25) is 4.90 Å². The molecule has 2 heteroatoms. The van der Waals surface area contributed by atoms with Gasteiger partial charge in [-0.25, -0.2) is 0 Å². The van der Waals surface area contributed by atoms with Crippen molar-refractivity contribution in [3.63, 3.8) is 0 Å². The summed E-state index contributed by atoms with van der Waals surface area (Å²) in [6, 6.07) is 8.05. The van der Waals surface area contributed by atoms with Crippen molar-refractivity contribution in [1.29, 1.82) is 0 Å². The Morgan fingerprint density at radius 2 is 2.12 bits per heavy atom. The van der Waals surface area contributed by atoms with Crippen LogP contribution in [0, 0.1) is 0 Å². The molecule has 0 atom stereocenters. The number of rotatable bonds is 5. The van der Waals surface area contributed by atoms with Crippen molar-refractivity contribution in [3.05, 3.63) is 36.4 Å². The van der Waals surface area contributed by atoms with Crippen molar-refractivity contribution in [2.24, 2.45) is 0 Å². The normalized spacial score (nSPS) is 16.2. The van der Waals surface area contributed by atoms with Gasteiger partial charge in [-0.1, -0.05) is 24.8 Å². The number of hydrogen-bond donors (Lipinski definition) is 0. The van der Waals surface area contributed by atoms with Gasteiger partial charge in [-0.05, 0) is 43.6 Å². The molecule has 0 aromatic heterocycles. The number of nitrogens with zero attached hydrogens (tertiary/aromatic N) is 1. The first-order valence-electron chi connectivity index (χ1n) is 5.96. The SMILES string of the molecule is C=Cc1cccc(OCCN2CCC[13CH2]2)c1. The topological polar surface area (TPSA) is 12.5 Å². The summed E-state index contributed by atoms with van der Waals surface area (Å²) < 4.78 is 5.72. The minimum atomic E-state index is 0.778. The number of benzene rings is 1. The van der Waals surface area contributed by atoms with Crippen LogP contribution in [0.5, 0.6) is 5.75 Å². The van der Waals surface area contributed by atoms with Gasteiger partial charge in [-0.15, -0.1) is 0 Å². The van der Waals surface area contributed by atoms with E-state index in [1.807, 2.05) is 30.3 Å². The van der Waals surface area contributed by atoms with Gasteiger partial charge in [0.05, 0.1) is 0 Å². The van der Waals surface area contributed by atoms with Crippen LogP contribution in [0.15, 0.2) is 30.8 Å². The van der Waals surface area contributed by atoms with Gasteiger partial charge in [0, 0.05) is 6.54 Å². The minimum absolute atomic E-state index is 0.778. The van der Waals surface area contributed by atoms with Crippen molar-refractivity contribution >= 4 is 6.08 Å². The van der Waals surface area contributed by atoms with Gasteiger partial charge >= 0.3 is 0 Å². The Kier molecular flexibility index (Phi) is 4.00. The lowest BCUT2D eigenvalue weighted by molar-refractivity contribution is 0.238. The summed E-state index contributed by atoms with van der Waals surface area (Å²) in [6.07, 6.45) is 4.52. The molecule has 1 aromatic carbocycles. The lowest BCUT2D eigenvalue weighted by Gasteiger charge is -2.14. The van der Waals surface area contributed by atoms with Crippen molar-refractivity contribution < 1.29 is 4.74 Å². The number of ether oxygens (including phenoxy) is 1. The predicted molar refractivity (Wildman–Crippen MR) is 67.7 cm³/mol. The third-order valence-electron chi connectivity index (χ3n) is 2.97. The number of hydrogen-bond acceptors (Lipinski definition) is 2. The summed E-state index contributed by atoms with van der Waals surface area (Å²) >= 11 is 0. The average molecular weight is 218 g/mol. The summed E-state index contributed by atoms with van der Waals surface area (Å²) in [5, 5.41) is 0. The lowest BCUT2D eigenvalue weighted by atomic mass is 10.2. The van der Waals surface area contributed by atoms with Crippen molar-refractivity contribution in [1.82, 2.24) is 4.90 Å². The van der Waals surface area contributed by atoms with E-state index in [2.05, 4.69) is 11.5 Å². The highest BCUT2D eigenvalue weighted by molar-refractivity contribution is 5.49. The quantitative estimate of drug-likeness (QED) is 0.705. The Hall–Kier alpha value is -1.28. The summed E-state index contributed by atoms with van der Waals surface area (Å²) in [4.78, 5) is 2.46. The lowest BCUT2D eigenvalue weighted by Crippen LogP contribution is -2.25. The van der Waals surface area contributed by atoms with Gasteiger partial charge < -0.3 is 4.74 Å². The van der Waals surface area contributed by atoms with Crippen molar-refractivity contribution in [2.45, 2.75) is 12.8 Å². The highest BCUT2D eigenvalue weighted by atomic mass is 16.5. The van der Waals surface area contributed by atoms with E-state index in [1.165, 1.54) is 25.9 Å². The Labute approximate surface area is 97.5 Å². The Balaban J connectivity index is 1.77. The van der Waals surface area contributed by atoms with Gasteiger partial charge in [0.2, 0.25) is 0 Å². The van der Waals surface area contributed by atoms with Crippen LogP contribution in [0.4, 0.5) is 0 Å². The molecule has 2 nitrogen and oxygen atoms in total. The van der Waals surface area contributed by atoms with Crippen molar-refractivity contribution in [2.75, 3.05) is 26.2 Å². The summed E-state index contributed by atoms with van der Waals surface area (Å²) in [5.41, 5.74) is 1.11. The van der Waals surface area contributed by atoms with Crippen LogP contribution < -0.4 is 4.74 Å². The first-order valence-corrected chi connectivity index (χ1v) is 5.96. The molecule has 1 aliphatic rings. The molecule has 0 N–H and O–H groups in total. The first-order chi connectivity index (χ1) is 7.88. The van der Waals surface area contributed by atoms with Crippen molar-refractivity contribution in [3.8, 4) is 5.75 Å². The zero-order valence-corrected chi connectivity index (χ0v) is 9.69. The summed E-state index contributed by atoms with van der Waals surface area (Å²) in [6.45, 7) is 8.03. The molecule has 0 spiro atoms. The summed E-state index contributed by atoms with van der Waals surface area (Å²) in [7, 11) is 0. The fourth-order valence-corrected chi connectivity index (χ4v) is 2.03. The third kappa shape index (κ3) is 3.11. The van der Waals surface area contributed by atoms with Gasteiger partial charge in [-0.2, -0.15) is 0 Å². The highest BCUT2D eigenvalue weighted by Gasteiger charge is 2.10. The van der Waals surface area contributed by atoms with Crippen LogP contribution in [-0.2, 0) is 0 Å². The fourth-order valence-electron chi connectivity index (χ4n) is 2.03. The molecule has 1 saturated heterocycles. The second-order valence-electron chi connectivity index (χ2n) is 4.17. The maximum Gasteiger partial charge on any atom is 0.119 e. The molecule has 1 aliphatic heterocycles. The molecule has 1 aromatic rings. The van der Waals surface area contributed by atoms with Crippen LogP contribution in [0.25, 0.3) is 6.08 Å². The molecule has 0 amide bonds. The van der Waals surface area contributed by atoms with E-state index < -0.39 is 0 Å². The van der Waals surface area contributed by atoms with E-state index >= 15 is 0 Å². The predicted octanol–water partition coefficient (Wildman–Crippen LogP) is 2.80. The van der Waals surface area contributed by atoms with E-state index in [0.717, 1.165) is 24.5 Å². The van der Waals surface area contributed by atoms with Gasteiger partial charge in [0.15, 0.2) is 0 Å². The Morgan fingerprint density at radius 3 is 2.88 bits per heavy atom. The molecular weight excluding hydrogens is 199 g/mol. The molecule has 0 aliphatic carbocycles. The molecular formula is C14H19NO. The minimum Gasteiger partial charge on any atom is -0.492 e. The average Bonchev–Trinajstić information content (AvgIpc) is 2.82. The van der Waals surface area contributed by atoms with E-state index in [0.29, 0.717) is 0 Å². The molecule has 86 valence electrons. The molecule has 1 fully saturated rings.